The summed E-state index contributed by atoms with van der Waals surface area (Å²) in [6, 6.07) is 2.65. The number of halogens is 4. The van der Waals surface area contributed by atoms with Crippen LogP contribution in [0.2, 0.25) is 0 Å². The molecule has 0 fully saturated rings. The highest BCUT2D eigenvalue weighted by atomic mass is 19.4. The Morgan fingerprint density at radius 3 is 2.17 bits per heavy atom. The molecule has 1 nitrogen and oxygen atoms in total. The monoisotopic (exact) mass is 264 g/mol. The molecule has 1 aromatic rings. The van der Waals surface area contributed by atoms with Gasteiger partial charge in [-0.3, -0.25) is 0 Å². The quantitative estimate of drug-likeness (QED) is 0.815. The second-order valence-electron chi connectivity index (χ2n) is 4.62. The van der Waals surface area contributed by atoms with Crippen molar-refractivity contribution < 1.29 is 22.7 Å². The van der Waals surface area contributed by atoms with Crippen molar-refractivity contribution in [1.82, 2.24) is 0 Å². The van der Waals surface area contributed by atoms with Crippen molar-refractivity contribution in [2.75, 3.05) is 0 Å². The maximum Gasteiger partial charge on any atom is 0.419 e. The molecule has 0 aliphatic carbocycles. The molecule has 1 N–H and O–H groups in total. The lowest BCUT2D eigenvalue weighted by molar-refractivity contribution is -0.140. The largest absolute Gasteiger partial charge is 0.419 e. The Kier molecular flexibility index (Phi) is 4.05. The van der Waals surface area contributed by atoms with Crippen LogP contribution in [0.1, 0.15) is 38.3 Å². The Hall–Kier alpha value is -1.10. The van der Waals surface area contributed by atoms with Crippen molar-refractivity contribution in [3.05, 3.63) is 35.1 Å². The van der Waals surface area contributed by atoms with Gasteiger partial charge in [-0.25, -0.2) is 4.39 Å². The molecule has 102 valence electrons. The maximum absolute atomic E-state index is 13.2. The van der Waals surface area contributed by atoms with E-state index < -0.39 is 23.2 Å². The average molecular weight is 264 g/mol. The lowest BCUT2D eigenvalue weighted by Crippen LogP contribution is -2.31. The SMILES string of the molecule is CCC(O)(c1ccc(F)c(C(F)(F)F)c1)C(C)C. The highest BCUT2D eigenvalue weighted by Gasteiger charge is 2.37. The van der Waals surface area contributed by atoms with Crippen molar-refractivity contribution >= 4 is 0 Å². The van der Waals surface area contributed by atoms with Crippen molar-refractivity contribution in [2.45, 2.75) is 39.0 Å². The number of hydrogen-bond acceptors (Lipinski definition) is 1. The molecule has 0 heterocycles. The van der Waals surface area contributed by atoms with Crippen molar-refractivity contribution in [3.63, 3.8) is 0 Å². The van der Waals surface area contributed by atoms with Gasteiger partial charge in [0.2, 0.25) is 0 Å². The molecule has 0 bridgehead atoms. The van der Waals surface area contributed by atoms with Crippen molar-refractivity contribution in [2.24, 2.45) is 5.92 Å². The Bertz CT molecular complexity index is 425. The zero-order valence-corrected chi connectivity index (χ0v) is 10.5. The van der Waals surface area contributed by atoms with Gasteiger partial charge in [-0.05, 0) is 30.0 Å². The first-order valence-electron chi connectivity index (χ1n) is 5.72. The van der Waals surface area contributed by atoms with Gasteiger partial charge in [-0.2, -0.15) is 13.2 Å². The van der Waals surface area contributed by atoms with Gasteiger partial charge in [0.05, 0.1) is 11.2 Å². The molecule has 18 heavy (non-hydrogen) atoms. The molecule has 0 aromatic heterocycles. The topological polar surface area (TPSA) is 20.2 Å². The fraction of sp³-hybridized carbons (Fsp3) is 0.538. The van der Waals surface area contributed by atoms with Gasteiger partial charge in [0.15, 0.2) is 0 Å². The van der Waals surface area contributed by atoms with Crippen LogP contribution in [0.25, 0.3) is 0 Å². The minimum atomic E-state index is -4.76. The normalized spacial score (nSPS) is 15.8. The number of rotatable bonds is 3. The molecule has 0 saturated carbocycles. The van der Waals surface area contributed by atoms with Gasteiger partial charge in [0.25, 0.3) is 0 Å². The van der Waals surface area contributed by atoms with E-state index in [0.717, 1.165) is 6.07 Å². The van der Waals surface area contributed by atoms with Gasteiger partial charge in [-0.1, -0.05) is 26.8 Å². The van der Waals surface area contributed by atoms with Gasteiger partial charge in [0.1, 0.15) is 5.82 Å². The molecule has 1 rings (SSSR count). The fourth-order valence-electron chi connectivity index (χ4n) is 1.96. The summed E-state index contributed by atoms with van der Waals surface area (Å²) in [5, 5.41) is 10.4. The van der Waals surface area contributed by atoms with E-state index in [-0.39, 0.29) is 17.9 Å². The summed E-state index contributed by atoms with van der Waals surface area (Å²) in [7, 11) is 0. The van der Waals surface area contributed by atoms with Crippen LogP contribution in [0.3, 0.4) is 0 Å². The molecule has 0 saturated heterocycles. The van der Waals surface area contributed by atoms with Crippen LogP contribution >= 0.6 is 0 Å². The minimum Gasteiger partial charge on any atom is -0.385 e. The predicted molar refractivity (Wildman–Crippen MR) is 60.4 cm³/mol. The smallest absolute Gasteiger partial charge is 0.385 e. The highest BCUT2D eigenvalue weighted by Crippen LogP contribution is 2.37. The number of benzene rings is 1. The van der Waals surface area contributed by atoms with E-state index in [1.54, 1.807) is 20.8 Å². The second-order valence-corrected chi connectivity index (χ2v) is 4.62. The standard InChI is InChI=1S/C13H16F4O/c1-4-12(18,8(2)3)9-5-6-11(14)10(7-9)13(15,16)17/h5-8,18H,4H2,1-3H3. The van der Waals surface area contributed by atoms with E-state index in [1.165, 1.54) is 6.07 Å². The first-order chi connectivity index (χ1) is 8.13. The Morgan fingerprint density at radius 2 is 1.78 bits per heavy atom. The second kappa shape index (κ2) is 4.88. The third-order valence-corrected chi connectivity index (χ3v) is 3.27. The first-order valence-corrected chi connectivity index (χ1v) is 5.72. The van der Waals surface area contributed by atoms with Crippen LogP contribution in [0, 0.1) is 11.7 Å². The van der Waals surface area contributed by atoms with E-state index in [1.807, 2.05) is 0 Å². The van der Waals surface area contributed by atoms with E-state index in [0.29, 0.717) is 6.07 Å². The molecule has 0 aliphatic heterocycles. The van der Waals surface area contributed by atoms with Crippen LogP contribution in [0.15, 0.2) is 18.2 Å². The molecular formula is C13H16F4O. The molecule has 0 radical (unpaired) electrons. The van der Waals surface area contributed by atoms with Gasteiger partial charge in [0, 0.05) is 0 Å². The highest BCUT2D eigenvalue weighted by molar-refractivity contribution is 5.31. The van der Waals surface area contributed by atoms with Crippen LogP contribution in [-0.2, 0) is 11.8 Å². The lowest BCUT2D eigenvalue weighted by Gasteiger charge is -2.32. The minimum absolute atomic E-state index is 0.0914. The van der Waals surface area contributed by atoms with E-state index in [4.69, 9.17) is 0 Å². The van der Waals surface area contributed by atoms with Crippen LogP contribution in [-0.4, -0.2) is 5.11 Å². The van der Waals surface area contributed by atoms with Gasteiger partial charge in [-0.15, -0.1) is 0 Å². The molecule has 0 spiro atoms. The molecule has 5 heteroatoms. The molecular weight excluding hydrogens is 248 g/mol. The van der Waals surface area contributed by atoms with E-state index in [2.05, 4.69) is 0 Å². The van der Waals surface area contributed by atoms with E-state index in [9.17, 15) is 22.7 Å². The average Bonchev–Trinajstić information content (AvgIpc) is 2.26. The van der Waals surface area contributed by atoms with Crippen LogP contribution < -0.4 is 0 Å². The zero-order valence-electron chi connectivity index (χ0n) is 10.5. The van der Waals surface area contributed by atoms with Crippen LogP contribution in [0.4, 0.5) is 17.6 Å². The van der Waals surface area contributed by atoms with Gasteiger partial charge < -0.3 is 5.11 Å². The summed E-state index contributed by atoms with van der Waals surface area (Å²) in [6.45, 7) is 5.09. The molecule has 1 atom stereocenters. The Morgan fingerprint density at radius 1 is 1.22 bits per heavy atom. The predicted octanol–water partition coefficient (Wildman–Crippen LogP) is 4.10. The maximum atomic E-state index is 13.2. The first kappa shape index (κ1) is 15.0. The van der Waals surface area contributed by atoms with Gasteiger partial charge >= 0.3 is 6.18 Å². The summed E-state index contributed by atoms with van der Waals surface area (Å²) in [5.41, 5.74) is -2.63. The van der Waals surface area contributed by atoms with E-state index >= 15 is 0 Å². The van der Waals surface area contributed by atoms with Crippen molar-refractivity contribution in [3.8, 4) is 0 Å². The molecule has 1 unspecified atom stereocenters. The number of alkyl halides is 3. The third-order valence-electron chi connectivity index (χ3n) is 3.27. The van der Waals surface area contributed by atoms with Crippen molar-refractivity contribution in [1.29, 1.82) is 0 Å². The molecule has 1 aromatic carbocycles. The fourth-order valence-corrected chi connectivity index (χ4v) is 1.96. The summed E-state index contributed by atoms with van der Waals surface area (Å²) >= 11 is 0. The summed E-state index contributed by atoms with van der Waals surface area (Å²) in [5.74, 6) is -1.59. The Labute approximate surface area is 103 Å². The lowest BCUT2D eigenvalue weighted by atomic mass is 9.80. The number of aliphatic hydroxyl groups is 1. The Balaban J connectivity index is 3.36. The van der Waals surface area contributed by atoms with Crippen LogP contribution in [0.5, 0.6) is 0 Å². The molecule has 0 amide bonds. The summed E-state index contributed by atoms with van der Waals surface area (Å²) in [6.07, 6.45) is -4.50. The summed E-state index contributed by atoms with van der Waals surface area (Å²) in [4.78, 5) is 0. The summed E-state index contributed by atoms with van der Waals surface area (Å²) < 4.78 is 51.0. The molecule has 0 aliphatic rings. The third kappa shape index (κ3) is 2.66. The zero-order chi connectivity index (χ0) is 14.1. The number of hydrogen-bond donors (Lipinski definition) is 1.